The third-order valence-corrected chi connectivity index (χ3v) is 6.76. The summed E-state index contributed by atoms with van der Waals surface area (Å²) in [5, 5.41) is 9.50. The van der Waals surface area contributed by atoms with Gasteiger partial charge in [-0.1, -0.05) is 129 Å². The van der Waals surface area contributed by atoms with Crippen molar-refractivity contribution in [1.29, 1.82) is 0 Å². The van der Waals surface area contributed by atoms with Gasteiger partial charge < -0.3 is 10.0 Å². The van der Waals surface area contributed by atoms with E-state index in [-0.39, 0.29) is 12.0 Å². The van der Waals surface area contributed by atoms with Crippen molar-refractivity contribution < 1.29 is 9.90 Å². The quantitative estimate of drug-likeness (QED) is 0.191. The Kier molecular flexibility index (Phi) is 18.6. The predicted octanol–water partition coefficient (Wildman–Crippen LogP) is 7.79. The van der Waals surface area contributed by atoms with E-state index >= 15 is 0 Å². The number of likely N-dealkylation sites (tertiary alicyclic amines) is 1. The lowest BCUT2D eigenvalue weighted by atomic mass is 10.0. The van der Waals surface area contributed by atoms with Crippen molar-refractivity contribution in [2.75, 3.05) is 13.1 Å². The number of carbonyl (C=O) groups is 1. The van der Waals surface area contributed by atoms with Crippen molar-refractivity contribution in [3.8, 4) is 0 Å². The smallest absolute Gasteiger partial charge is 0.222 e. The number of aliphatic hydroxyl groups is 1. The van der Waals surface area contributed by atoms with Crippen LogP contribution in [0.25, 0.3) is 0 Å². The molecule has 0 radical (unpaired) electrons. The molecule has 0 aromatic carbocycles. The third kappa shape index (κ3) is 16.2. The zero-order chi connectivity index (χ0) is 21.7. The fourth-order valence-electron chi connectivity index (χ4n) is 4.66. The van der Waals surface area contributed by atoms with E-state index in [0.29, 0.717) is 13.0 Å². The molecule has 0 aromatic heterocycles. The highest BCUT2D eigenvalue weighted by molar-refractivity contribution is 5.76. The van der Waals surface area contributed by atoms with Gasteiger partial charge in [0.15, 0.2) is 0 Å². The minimum Gasteiger partial charge on any atom is -0.391 e. The number of hydrogen-bond donors (Lipinski definition) is 1. The highest BCUT2D eigenvalue weighted by atomic mass is 16.3. The summed E-state index contributed by atoms with van der Waals surface area (Å²) in [7, 11) is 0. The van der Waals surface area contributed by atoms with E-state index in [4.69, 9.17) is 0 Å². The van der Waals surface area contributed by atoms with Crippen LogP contribution in [0.1, 0.15) is 148 Å². The molecule has 1 atom stereocenters. The maximum absolute atomic E-state index is 12.0. The highest BCUT2D eigenvalue weighted by Gasteiger charge is 2.23. The van der Waals surface area contributed by atoms with Crippen LogP contribution in [0.15, 0.2) is 0 Å². The van der Waals surface area contributed by atoms with Gasteiger partial charge in [-0.25, -0.2) is 0 Å². The molecule has 3 heteroatoms. The van der Waals surface area contributed by atoms with Crippen molar-refractivity contribution in [3.63, 3.8) is 0 Å². The lowest BCUT2D eigenvalue weighted by molar-refractivity contribution is -0.130. The van der Waals surface area contributed by atoms with Crippen molar-refractivity contribution in [1.82, 2.24) is 4.90 Å². The average molecular weight is 424 g/mol. The van der Waals surface area contributed by atoms with Crippen molar-refractivity contribution >= 4 is 5.91 Å². The van der Waals surface area contributed by atoms with Gasteiger partial charge >= 0.3 is 0 Å². The van der Waals surface area contributed by atoms with E-state index in [1.807, 2.05) is 4.90 Å². The summed E-state index contributed by atoms with van der Waals surface area (Å²) in [6, 6.07) is 0. The number of hydrogen-bond acceptors (Lipinski definition) is 2. The Hall–Kier alpha value is -0.570. The fourth-order valence-corrected chi connectivity index (χ4v) is 4.66. The van der Waals surface area contributed by atoms with Gasteiger partial charge in [0.25, 0.3) is 0 Å². The summed E-state index contributed by atoms with van der Waals surface area (Å²) >= 11 is 0. The molecular formula is C27H53NO2. The Morgan fingerprint density at radius 3 is 1.37 bits per heavy atom. The van der Waals surface area contributed by atoms with Gasteiger partial charge in [-0.3, -0.25) is 4.79 Å². The van der Waals surface area contributed by atoms with Gasteiger partial charge in [0.05, 0.1) is 6.10 Å². The third-order valence-electron chi connectivity index (χ3n) is 6.76. The van der Waals surface area contributed by atoms with E-state index in [1.165, 1.54) is 122 Å². The first-order valence-electron chi connectivity index (χ1n) is 13.7. The van der Waals surface area contributed by atoms with Crippen LogP contribution in [0.2, 0.25) is 0 Å². The summed E-state index contributed by atoms with van der Waals surface area (Å²) in [5.41, 5.74) is 0. The SMILES string of the molecule is CCCCCCCCCCCCCCCCCCCCCCC(=O)N1CC[C@H](O)C1. The maximum atomic E-state index is 12.0. The van der Waals surface area contributed by atoms with E-state index in [9.17, 15) is 9.90 Å². The van der Waals surface area contributed by atoms with Crippen LogP contribution in [0.5, 0.6) is 0 Å². The van der Waals surface area contributed by atoms with E-state index in [2.05, 4.69) is 6.92 Å². The topological polar surface area (TPSA) is 40.5 Å². The Labute approximate surface area is 188 Å². The molecule has 1 fully saturated rings. The summed E-state index contributed by atoms with van der Waals surface area (Å²) in [4.78, 5) is 13.8. The average Bonchev–Trinajstić information content (AvgIpc) is 3.18. The standard InChI is InChI=1S/C27H53NO2/c1-2-3-4-5-6-7-8-9-10-11-12-13-14-15-16-17-18-19-20-21-22-27(30)28-24-23-26(29)25-28/h26,29H,2-25H2,1H3/t26-/m0/s1. The molecule has 0 spiro atoms. The molecule has 1 N–H and O–H groups in total. The van der Waals surface area contributed by atoms with Gasteiger partial charge in [0.1, 0.15) is 0 Å². The van der Waals surface area contributed by atoms with Crippen LogP contribution in [-0.4, -0.2) is 35.1 Å². The maximum Gasteiger partial charge on any atom is 0.222 e. The van der Waals surface area contributed by atoms with Crippen LogP contribution in [0.4, 0.5) is 0 Å². The zero-order valence-corrected chi connectivity index (χ0v) is 20.4. The molecule has 0 saturated carbocycles. The minimum absolute atomic E-state index is 0.244. The lowest BCUT2D eigenvalue weighted by Gasteiger charge is -2.15. The number of rotatable bonds is 21. The van der Waals surface area contributed by atoms with Crippen molar-refractivity contribution in [2.45, 2.75) is 154 Å². The Morgan fingerprint density at radius 1 is 0.667 bits per heavy atom. The summed E-state index contributed by atoms with van der Waals surface area (Å²) in [5.74, 6) is 0.244. The van der Waals surface area contributed by atoms with Gasteiger partial charge in [-0.05, 0) is 12.8 Å². The fraction of sp³-hybridized carbons (Fsp3) is 0.963. The molecule has 30 heavy (non-hydrogen) atoms. The minimum atomic E-state index is -0.288. The Morgan fingerprint density at radius 2 is 1.03 bits per heavy atom. The molecule has 1 amide bonds. The van der Waals surface area contributed by atoms with Gasteiger partial charge in [0.2, 0.25) is 5.91 Å². The van der Waals surface area contributed by atoms with Crippen LogP contribution in [0.3, 0.4) is 0 Å². The van der Waals surface area contributed by atoms with Crippen molar-refractivity contribution in [3.05, 3.63) is 0 Å². The lowest BCUT2D eigenvalue weighted by Crippen LogP contribution is -2.29. The van der Waals surface area contributed by atoms with Crippen LogP contribution in [-0.2, 0) is 4.79 Å². The highest BCUT2D eigenvalue weighted by Crippen LogP contribution is 2.16. The molecular weight excluding hydrogens is 370 g/mol. The second-order valence-electron chi connectivity index (χ2n) is 9.75. The first kappa shape index (κ1) is 27.5. The van der Waals surface area contributed by atoms with E-state index in [1.54, 1.807) is 0 Å². The predicted molar refractivity (Wildman–Crippen MR) is 130 cm³/mol. The largest absolute Gasteiger partial charge is 0.391 e. The number of nitrogens with zero attached hydrogens (tertiary/aromatic N) is 1. The molecule has 178 valence electrons. The van der Waals surface area contributed by atoms with Gasteiger partial charge in [0, 0.05) is 19.5 Å². The first-order valence-corrected chi connectivity index (χ1v) is 13.7. The second kappa shape index (κ2) is 20.3. The molecule has 1 aliphatic rings. The van der Waals surface area contributed by atoms with Gasteiger partial charge in [-0.15, -0.1) is 0 Å². The number of unbranched alkanes of at least 4 members (excludes halogenated alkanes) is 19. The second-order valence-corrected chi connectivity index (χ2v) is 9.75. The number of β-amino-alcohol motifs (C(OH)–C–C–N with tert-alkyl or cyclic N) is 1. The molecule has 1 saturated heterocycles. The molecule has 1 aliphatic heterocycles. The molecule has 0 aromatic rings. The normalized spacial score (nSPS) is 16.5. The number of aliphatic hydroxyl groups excluding tert-OH is 1. The van der Waals surface area contributed by atoms with Gasteiger partial charge in [-0.2, -0.15) is 0 Å². The molecule has 0 aliphatic carbocycles. The first-order chi connectivity index (χ1) is 14.7. The monoisotopic (exact) mass is 423 g/mol. The number of carbonyl (C=O) groups excluding carboxylic acids is 1. The zero-order valence-electron chi connectivity index (χ0n) is 20.4. The van der Waals surface area contributed by atoms with E-state index < -0.39 is 0 Å². The van der Waals surface area contributed by atoms with Crippen LogP contribution >= 0.6 is 0 Å². The summed E-state index contributed by atoms with van der Waals surface area (Å²) in [6.07, 6.45) is 28.8. The molecule has 0 unspecified atom stereocenters. The van der Waals surface area contributed by atoms with Crippen LogP contribution in [0, 0.1) is 0 Å². The van der Waals surface area contributed by atoms with E-state index in [0.717, 1.165) is 19.4 Å². The summed E-state index contributed by atoms with van der Waals surface area (Å²) < 4.78 is 0. The van der Waals surface area contributed by atoms with Crippen LogP contribution < -0.4 is 0 Å². The molecule has 1 rings (SSSR count). The molecule has 1 heterocycles. The summed E-state index contributed by atoms with van der Waals surface area (Å²) in [6.45, 7) is 3.59. The number of amides is 1. The Bertz CT molecular complexity index is 385. The Balaban J connectivity index is 1.69. The molecule has 0 bridgehead atoms. The van der Waals surface area contributed by atoms with Crippen molar-refractivity contribution in [2.24, 2.45) is 0 Å². The molecule has 3 nitrogen and oxygen atoms in total.